The Morgan fingerprint density at radius 2 is 1.87 bits per heavy atom. The monoisotopic (exact) mass is 546 g/mol. The molecule has 0 aliphatic rings. The normalized spacial score (nSPS) is 11.1. The number of hydrogen-bond donors (Lipinski definition) is 1. The fourth-order valence-electron chi connectivity index (χ4n) is 2.75. The molecule has 150 valence electrons. The largest absolute Gasteiger partial charge is 0.487 e. The third-order valence-corrected chi connectivity index (χ3v) is 5.55. The zero-order valence-corrected chi connectivity index (χ0v) is 19.4. The van der Waals surface area contributed by atoms with E-state index in [1.807, 2.05) is 66.7 Å². The van der Waals surface area contributed by atoms with E-state index in [0.29, 0.717) is 28.0 Å². The molecule has 1 N–H and O–H groups in total. The summed E-state index contributed by atoms with van der Waals surface area (Å²) in [7, 11) is 0. The molecule has 0 bridgehead atoms. The highest BCUT2D eigenvalue weighted by atomic mass is 127. The summed E-state index contributed by atoms with van der Waals surface area (Å²) in [4.78, 5) is 0. The summed E-state index contributed by atoms with van der Waals surface area (Å²) in [5.74, 6) is 1.26. The number of ether oxygens (including phenoxy) is 1. The minimum absolute atomic E-state index is 0.411. The second-order valence-electron chi connectivity index (χ2n) is 6.38. The molecule has 30 heavy (non-hydrogen) atoms. The second kappa shape index (κ2) is 9.55. The molecule has 1 aromatic heterocycles. The van der Waals surface area contributed by atoms with Crippen LogP contribution in [0, 0.1) is 8.34 Å². The molecule has 0 amide bonds. The van der Waals surface area contributed by atoms with E-state index in [4.69, 9.17) is 28.6 Å². The molecule has 0 aliphatic heterocycles. The van der Waals surface area contributed by atoms with Gasteiger partial charge >= 0.3 is 0 Å². The van der Waals surface area contributed by atoms with Gasteiger partial charge in [0.05, 0.1) is 11.2 Å². The molecule has 0 aliphatic carbocycles. The van der Waals surface area contributed by atoms with E-state index in [2.05, 4.69) is 37.9 Å². The summed E-state index contributed by atoms with van der Waals surface area (Å²) in [6.45, 7) is 0.453. The summed E-state index contributed by atoms with van der Waals surface area (Å²) < 4.78 is 9.03. The van der Waals surface area contributed by atoms with Crippen LogP contribution in [-0.2, 0) is 6.61 Å². The van der Waals surface area contributed by atoms with Crippen LogP contribution in [-0.4, -0.2) is 21.1 Å². The van der Waals surface area contributed by atoms with Crippen LogP contribution in [0.4, 0.5) is 0 Å². The van der Waals surface area contributed by atoms with Crippen LogP contribution >= 0.6 is 46.4 Å². The average Bonchev–Trinajstić information content (AvgIpc) is 3.13. The van der Waals surface area contributed by atoms with Crippen molar-refractivity contribution in [1.82, 2.24) is 14.9 Å². The Morgan fingerprint density at radius 3 is 2.60 bits per heavy atom. The highest BCUT2D eigenvalue weighted by molar-refractivity contribution is 14.1. The van der Waals surface area contributed by atoms with E-state index in [1.165, 1.54) is 3.57 Å². The average molecular weight is 547 g/mol. The molecule has 0 saturated heterocycles. The van der Waals surface area contributed by atoms with Gasteiger partial charge in [-0.1, -0.05) is 54.1 Å². The molecule has 4 rings (SSSR count). The van der Waals surface area contributed by atoms with Crippen LogP contribution < -0.4 is 4.74 Å². The molecule has 0 spiro atoms. The predicted molar refractivity (Wildman–Crippen MR) is 131 cm³/mol. The molecule has 0 radical (unpaired) electrons. The lowest BCUT2D eigenvalue weighted by Crippen LogP contribution is -1.97. The SMILES string of the molecule is S=c1[nH]nc(-c2ccccc2)n1/N=C\c1ccc(OCc2ccc(I)cc2)c(Cl)c1. The molecule has 0 unspecified atom stereocenters. The summed E-state index contributed by atoms with van der Waals surface area (Å²) in [6, 6.07) is 23.4. The summed E-state index contributed by atoms with van der Waals surface area (Å²) in [5, 5.41) is 12.1. The van der Waals surface area contributed by atoms with Crippen molar-refractivity contribution < 1.29 is 4.74 Å². The summed E-state index contributed by atoms with van der Waals surface area (Å²) in [6.07, 6.45) is 1.69. The van der Waals surface area contributed by atoms with Crippen molar-refractivity contribution >= 4 is 52.6 Å². The number of aromatic nitrogens is 3. The molecular formula is C22H16ClIN4OS. The second-order valence-corrected chi connectivity index (χ2v) is 8.42. The third-order valence-electron chi connectivity index (χ3n) is 4.27. The standard InChI is InChI=1S/C22H16ClIN4OS/c23-19-12-16(8-11-20(19)29-14-15-6-9-18(24)10-7-15)13-25-28-21(26-27-22(28)30)17-4-2-1-3-5-17/h1-13H,14H2,(H,27,30)/b25-13-. The highest BCUT2D eigenvalue weighted by Gasteiger charge is 2.08. The van der Waals surface area contributed by atoms with Gasteiger partial charge in [0.15, 0.2) is 5.82 Å². The molecule has 4 aromatic rings. The van der Waals surface area contributed by atoms with E-state index in [1.54, 1.807) is 17.0 Å². The highest BCUT2D eigenvalue weighted by Crippen LogP contribution is 2.26. The van der Waals surface area contributed by atoms with Crippen molar-refractivity contribution in [2.24, 2.45) is 5.10 Å². The number of nitrogens with one attached hydrogen (secondary N) is 1. The lowest BCUT2D eigenvalue weighted by Gasteiger charge is -2.09. The van der Waals surface area contributed by atoms with Crippen molar-refractivity contribution in [2.75, 3.05) is 0 Å². The number of hydrogen-bond acceptors (Lipinski definition) is 4. The maximum absolute atomic E-state index is 6.41. The van der Waals surface area contributed by atoms with Crippen molar-refractivity contribution in [2.45, 2.75) is 6.61 Å². The van der Waals surface area contributed by atoms with Gasteiger partial charge in [0, 0.05) is 9.13 Å². The van der Waals surface area contributed by atoms with Crippen molar-refractivity contribution in [1.29, 1.82) is 0 Å². The van der Waals surface area contributed by atoms with Gasteiger partial charge in [-0.05, 0) is 76.3 Å². The number of rotatable bonds is 6. The Morgan fingerprint density at radius 1 is 1.10 bits per heavy atom. The van der Waals surface area contributed by atoms with Crippen LogP contribution in [0.15, 0.2) is 77.9 Å². The molecule has 1 heterocycles. The van der Waals surface area contributed by atoms with Gasteiger partial charge in [-0.25, -0.2) is 5.10 Å². The smallest absolute Gasteiger partial charge is 0.216 e. The van der Waals surface area contributed by atoms with E-state index in [-0.39, 0.29) is 0 Å². The third kappa shape index (κ3) is 4.97. The number of nitrogens with zero attached hydrogens (tertiary/aromatic N) is 3. The first-order valence-corrected chi connectivity index (χ1v) is 10.9. The van der Waals surface area contributed by atoms with E-state index < -0.39 is 0 Å². The molecular weight excluding hydrogens is 531 g/mol. The minimum Gasteiger partial charge on any atom is -0.487 e. The van der Waals surface area contributed by atoms with Gasteiger partial charge in [0.25, 0.3) is 0 Å². The van der Waals surface area contributed by atoms with Gasteiger partial charge in [-0.15, -0.1) is 0 Å². The number of H-pyrrole nitrogens is 1. The Balaban J connectivity index is 1.50. The lowest BCUT2D eigenvalue weighted by atomic mass is 10.2. The quantitative estimate of drug-likeness (QED) is 0.175. The van der Waals surface area contributed by atoms with Crippen LogP contribution in [0.2, 0.25) is 5.02 Å². The Bertz CT molecular complexity index is 1240. The van der Waals surface area contributed by atoms with E-state index in [9.17, 15) is 0 Å². The summed E-state index contributed by atoms with van der Waals surface area (Å²) in [5.41, 5.74) is 2.82. The minimum atomic E-state index is 0.411. The first kappa shape index (κ1) is 20.8. The Labute approximate surface area is 197 Å². The van der Waals surface area contributed by atoms with Gasteiger partial charge in [0.1, 0.15) is 12.4 Å². The first-order chi connectivity index (χ1) is 14.6. The number of halogens is 2. The van der Waals surface area contributed by atoms with Gasteiger partial charge in [-0.2, -0.15) is 14.9 Å². The Kier molecular flexibility index (Phi) is 6.61. The maximum atomic E-state index is 6.41. The van der Waals surface area contributed by atoms with Crippen molar-refractivity contribution in [3.8, 4) is 17.1 Å². The fraction of sp³-hybridized carbons (Fsp3) is 0.0455. The van der Waals surface area contributed by atoms with E-state index in [0.717, 1.165) is 16.7 Å². The van der Waals surface area contributed by atoms with Crippen molar-refractivity contribution in [3.05, 3.63) is 97.3 Å². The first-order valence-electron chi connectivity index (χ1n) is 9.04. The predicted octanol–water partition coefficient (Wildman–Crippen LogP) is 6.33. The summed E-state index contributed by atoms with van der Waals surface area (Å²) >= 11 is 14.0. The Hall–Kier alpha value is -2.49. The molecule has 0 atom stereocenters. The molecule has 3 aromatic carbocycles. The van der Waals surface area contributed by atoms with E-state index >= 15 is 0 Å². The fourth-order valence-corrected chi connectivity index (χ4v) is 3.54. The molecule has 0 saturated carbocycles. The topological polar surface area (TPSA) is 55.2 Å². The van der Waals surface area contributed by atoms with Gasteiger partial charge < -0.3 is 4.74 Å². The number of benzene rings is 3. The zero-order chi connectivity index (χ0) is 20.9. The van der Waals surface area contributed by atoms with Crippen LogP contribution in [0.3, 0.4) is 0 Å². The molecule has 8 heteroatoms. The van der Waals surface area contributed by atoms with Crippen LogP contribution in [0.5, 0.6) is 5.75 Å². The number of aromatic amines is 1. The van der Waals surface area contributed by atoms with Gasteiger partial charge in [-0.3, -0.25) is 0 Å². The van der Waals surface area contributed by atoms with Crippen LogP contribution in [0.1, 0.15) is 11.1 Å². The zero-order valence-electron chi connectivity index (χ0n) is 15.6. The lowest BCUT2D eigenvalue weighted by molar-refractivity contribution is 0.306. The van der Waals surface area contributed by atoms with Crippen molar-refractivity contribution in [3.63, 3.8) is 0 Å². The molecule has 5 nitrogen and oxygen atoms in total. The molecule has 0 fully saturated rings. The maximum Gasteiger partial charge on any atom is 0.216 e. The van der Waals surface area contributed by atoms with Crippen LogP contribution in [0.25, 0.3) is 11.4 Å². The van der Waals surface area contributed by atoms with Gasteiger partial charge in [0.2, 0.25) is 4.77 Å².